The second-order valence-corrected chi connectivity index (χ2v) is 8.26. The van der Waals surface area contributed by atoms with Gasteiger partial charge in [-0.2, -0.15) is 0 Å². The third-order valence-corrected chi connectivity index (χ3v) is 5.97. The van der Waals surface area contributed by atoms with Crippen LogP contribution in [0.1, 0.15) is 51.9 Å². The van der Waals surface area contributed by atoms with Crippen LogP contribution in [-0.2, 0) is 4.79 Å². The van der Waals surface area contributed by atoms with Gasteiger partial charge in [-0.05, 0) is 43.4 Å². The Morgan fingerprint density at radius 1 is 1.27 bits per heavy atom. The van der Waals surface area contributed by atoms with Crippen LogP contribution in [0, 0.1) is 23.7 Å². The quantitative estimate of drug-likeness (QED) is 0.375. The Hall–Kier alpha value is -1.20. The molecular weight excluding hydrogens is 328 g/mol. The molecule has 0 aliphatic heterocycles. The van der Waals surface area contributed by atoms with Crippen molar-refractivity contribution in [2.24, 2.45) is 28.7 Å². The van der Waals surface area contributed by atoms with E-state index in [0.29, 0.717) is 17.8 Å². The summed E-state index contributed by atoms with van der Waals surface area (Å²) in [5.41, 5.74) is 0. The van der Waals surface area contributed by atoms with Gasteiger partial charge in [0, 0.05) is 26.2 Å². The van der Waals surface area contributed by atoms with E-state index in [4.69, 9.17) is 0 Å². The summed E-state index contributed by atoms with van der Waals surface area (Å²) in [5, 5.41) is 20.5. The molecule has 2 rings (SSSR count). The highest BCUT2D eigenvalue weighted by Gasteiger charge is 2.46. The monoisotopic (exact) mass is 364 g/mol. The molecule has 2 N–H and O–H groups in total. The van der Waals surface area contributed by atoms with Gasteiger partial charge >= 0.3 is 0 Å². The van der Waals surface area contributed by atoms with Crippen LogP contribution in [0.15, 0.2) is 17.1 Å². The van der Waals surface area contributed by atoms with E-state index in [0.717, 1.165) is 44.9 Å². The predicted molar refractivity (Wildman–Crippen MR) is 105 cm³/mol. The molecule has 0 spiro atoms. The number of aliphatic imine (C=N–C) groups is 1. The minimum Gasteiger partial charge on any atom is -0.392 e. The Kier molecular flexibility index (Phi) is 8.29. The van der Waals surface area contributed by atoms with Gasteiger partial charge in [-0.15, -0.1) is 0 Å². The largest absolute Gasteiger partial charge is 0.392 e. The lowest BCUT2D eigenvalue weighted by Gasteiger charge is -2.18. The maximum atomic E-state index is 11.6. The van der Waals surface area contributed by atoms with Crippen LogP contribution in [0.5, 0.6) is 0 Å². The Morgan fingerprint density at radius 3 is 2.73 bits per heavy atom. The Morgan fingerprint density at radius 2 is 2.04 bits per heavy atom. The summed E-state index contributed by atoms with van der Waals surface area (Å²) < 4.78 is 0. The fraction of sp³-hybridized carbons (Fsp3) is 0.810. The number of aliphatic hydroxyl groups is 2. The number of carbonyl (C=O) groups excluding carboxylic acids is 1. The summed E-state index contributed by atoms with van der Waals surface area (Å²) in [4.78, 5) is 17.5. The van der Waals surface area contributed by atoms with Crippen molar-refractivity contribution in [3.8, 4) is 0 Å². The van der Waals surface area contributed by atoms with Gasteiger partial charge < -0.3 is 15.1 Å². The fourth-order valence-corrected chi connectivity index (χ4v) is 4.47. The van der Waals surface area contributed by atoms with E-state index in [1.54, 1.807) is 19.0 Å². The van der Waals surface area contributed by atoms with Crippen LogP contribution in [0.25, 0.3) is 0 Å². The zero-order valence-electron chi connectivity index (χ0n) is 16.6. The molecule has 26 heavy (non-hydrogen) atoms. The molecule has 0 aromatic heterocycles. The van der Waals surface area contributed by atoms with Gasteiger partial charge in [0.05, 0.1) is 12.2 Å². The first kappa shape index (κ1) is 21.1. The van der Waals surface area contributed by atoms with Gasteiger partial charge in [0.2, 0.25) is 5.91 Å². The molecule has 0 bridgehead atoms. The fourth-order valence-electron chi connectivity index (χ4n) is 4.47. The Balaban J connectivity index is 1.84. The van der Waals surface area contributed by atoms with Crippen molar-refractivity contribution in [3.63, 3.8) is 0 Å². The van der Waals surface area contributed by atoms with Crippen LogP contribution < -0.4 is 0 Å². The molecule has 0 saturated heterocycles. The molecule has 0 aromatic rings. The van der Waals surface area contributed by atoms with Gasteiger partial charge in [-0.3, -0.25) is 9.79 Å². The summed E-state index contributed by atoms with van der Waals surface area (Å²) >= 11 is 0. The van der Waals surface area contributed by atoms with Crippen LogP contribution in [0.4, 0.5) is 0 Å². The molecule has 2 saturated carbocycles. The lowest BCUT2D eigenvalue weighted by atomic mass is 9.90. The number of amides is 1. The number of aliphatic hydroxyl groups excluding tert-OH is 2. The summed E-state index contributed by atoms with van der Waals surface area (Å²) in [6.45, 7) is 2.38. The molecule has 0 heterocycles. The van der Waals surface area contributed by atoms with E-state index in [1.807, 2.05) is 12.3 Å². The first-order chi connectivity index (χ1) is 12.4. The van der Waals surface area contributed by atoms with E-state index in [-0.39, 0.29) is 24.5 Å². The number of fused-ring (bicyclic) bond motifs is 1. The predicted octanol–water partition coefficient (Wildman–Crippen LogP) is 2.67. The van der Waals surface area contributed by atoms with E-state index < -0.39 is 6.10 Å². The van der Waals surface area contributed by atoms with Crippen molar-refractivity contribution in [1.29, 1.82) is 0 Å². The first-order valence-electron chi connectivity index (χ1n) is 10.2. The van der Waals surface area contributed by atoms with Crippen LogP contribution in [0.3, 0.4) is 0 Å². The maximum absolute atomic E-state index is 11.6. The standard InChI is InChI=1S/C21H36N2O3/c1-4-5-6-7-17(24)8-9-18-19-11-15(10-16(19)12-20(18)25)13-22-14-21(26)23(2)3/h8-9,13,15-20,24-25H,4-7,10-12,14H2,1-3H3/t15?,16-,17-,18+,19-,20+/m0/s1. The summed E-state index contributed by atoms with van der Waals surface area (Å²) in [6, 6.07) is 0. The van der Waals surface area contributed by atoms with E-state index in [2.05, 4.69) is 18.0 Å². The van der Waals surface area contributed by atoms with Gasteiger partial charge in [0.1, 0.15) is 6.54 Å². The zero-order valence-corrected chi connectivity index (χ0v) is 16.6. The summed E-state index contributed by atoms with van der Waals surface area (Å²) in [7, 11) is 3.49. The van der Waals surface area contributed by atoms with E-state index >= 15 is 0 Å². The van der Waals surface area contributed by atoms with E-state index in [9.17, 15) is 15.0 Å². The normalized spacial score (nSPS) is 32.4. The number of hydrogen-bond acceptors (Lipinski definition) is 4. The highest BCUT2D eigenvalue weighted by atomic mass is 16.3. The first-order valence-corrected chi connectivity index (χ1v) is 10.2. The van der Waals surface area contributed by atoms with E-state index in [1.165, 1.54) is 0 Å². The molecule has 0 radical (unpaired) electrons. The van der Waals surface area contributed by atoms with Crippen molar-refractivity contribution in [2.75, 3.05) is 20.6 Å². The second kappa shape index (κ2) is 10.2. The van der Waals surface area contributed by atoms with Crippen molar-refractivity contribution in [3.05, 3.63) is 12.2 Å². The van der Waals surface area contributed by atoms with Crippen molar-refractivity contribution < 1.29 is 15.0 Å². The second-order valence-electron chi connectivity index (χ2n) is 8.26. The summed E-state index contributed by atoms with van der Waals surface area (Å²) in [5.74, 6) is 1.55. The third kappa shape index (κ3) is 5.92. The van der Waals surface area contributed by atoms with Gasteiger partial charge in [-0.1, -0.05) is 38.3 Å². The lowest BCUT2D eigenvalue weighted by Crippen LogP contribution is -2.24. The molecule has 1 unspecified atom stereocenters. The molecule has 1 amide bonds. The molecule has 6 atom stereocenters. The third-order valence-electron chi connectivity index (χ3n) is 5.97. The molecular formula is C21H36N2O3. The number of carbonyl (C=O) groups is 1. The van der Waals surface area contributed by atoms with Crippen LogP contribution >= 0.6 is 0 Å². The highest BCUT2D eigenvalue weighted by molar-refractivity contribution is 5.79. The molecule has 0 aromatic carbocycles. The van der Waals surface area contributed by atoms with Gasteiger partial charge in [-0.25, -0.2) is 0 Å². The number of hydrogen-bond donors (Lipinski definition) is 2. The topological polar surface area (TPSA) is 73.1 Å². The SMILES string of the molecule is CCCCC[C@H](O)C=C[C@@H]1[C@H]2CC(C=NCC(=O)N(C)C)C[C@H]2C[C@H]1O. The van der Waals surface area contributed by atoms with Gasteiger partial charge in [0.25, 0.3) is 0 Å². The molecule has 2 fully saturated rings. The van der Waals surface area contributed by atoms with Crippen LogP contribution in [-0.4, -0.2) is 60.1 Å². The van der Waals surface area contributed by atoms with Crippen LogP contribution in [0.2, 0.25) is 0 Å². The number of rotatable bonds is 9. The minimum absolute atomic E-state index is 0.0210. The minimum atomic E-state index is -0.399. The molecule has 2 aliphatic carbocycles. The number of nitrogens with zero attached hydrogens (tertiary/aromatic N) is 2. The lowest BCUT2D eigenvalue weighted by molar-refractivity contribution is -0.127. The zero-order chi connectivity index (χ0) is 19.1. The smallest absolute Gasteiger partial charge is 0.243 e. The number of likely N-dealkylation sites (N-methyl/N-ethyl adjacent to an activating group) is 1. The number of unbranched alkanes of at least 4 members (excludes halogenated alkanes) is 2. The van der Waals surface area contributed by atoms with Crippen molar-refractivity contribution in [2.45, 2.75) is 64.1 Å². The summed E-state index contributed by atoms with van der Waals surface area (Å²) in [6.07, 6.45) is 12.3. The molecule has 5 heteroatoms. The van der Waals surface area contributed by atoms with Crippen molar-refractivity contribution in [1.82, 2.24) is 4.90 Å². The highest BCUT2D eigenvalue weighted by Crippen LogP contribution is 2.50. The Labute approximate surface area is 158 Å². The molecule has 148 valence electrons. The Bertz CT molecular complexity index is 503. The van der Waals surface area contributed by atoms with Crippen molar-refractivity contribution >= 4 is 12.1 Å². The maximum Gasteiger partial charge on any atom is 0.243 e. The average Bonchev–Trinajstić information content (AvgIpc) is 3.09. The molecule has 5 nitrogen and oxygen atoms in total. The molecule has 2 aliphatic rings. The van der Waals surface area contributed by atoms with Gasteiger partial charge in [0.15, 0.2) is 0 Å². The average molecular weight is 365 g/mol.